The standard InChI is InChI=1S/C18H29N3O2/c22-15-17(14-16-8-4-3-5-9-16)20-18(23)19-10-13-21-11-6-1-2-7-12-21/h3-5,8-9,17,22H,1-2,6-7,10-15H2,(H2,19,20,23). The van der Waals surface area contributed by atoms with Gasteiger partial charge in [0.15, 0.2) is 0 Å². The number of aliphatic hydroxyl groups excluding tert-OH is 1. The Morgan fingerprint density at radius 1 is 1.13 bits per heavy atom. The molecule has 5 nitrogen and oxygen atoms in total. The van der Waals surface area contributed by atoms with Crippen LogP contribution in [0.2, 0.25) is 0 Å². The second-order valence-corrected chi connectivity index (χ2v) is 6.23. The first kappa shape index (κ1) is 17.8. The molecule has 1 aliphatic heterocycles. The minimum Gasteiger partial charge on any atom is -0.394 e. The molecule has 3 N–H and O–H groups in total. The fraction of sp³-hybridized carbons (Fsp3) is 0.611. The highest BCUT2D eigenvalue weighted by Gasteiger charge is 2.13. The lowest BCUT2D eigenvalue weighted by Crippen LogP contribution is -2.46. The fourth-order valence-electron chi connectivity index (χ4n) is 2.98. The Kier molecular flexibility index (Phi) is 7.90. The number of hydrogen-bond donors (Lipinski definition) is 3. The maximum atomic E-state index is 12.0. The maximum absolute atomic E-state index is 12.0. The van der Waals surface area contributed by atoms with E-state index in [1.54, 1.807) is 0 Å². The van der Waals surface area contributed by atoms with Gasteiger partial charge in [-0.1, -0.05) is 43.2 Å². The van der Waals surface area contributed by atoms with Crippen LogP contribution >= 0.6 is 0 Å². The molecule has 1 saturated heterocycles. The van der Waals surface area contributed by atoms with Gasteiger partial charge in [-0.15, -0.1) is 0 Å². The number of hydrogen-bond acceptors (Lipinski definition) is 3. The van der Waals surface area contributed by atoms with Crippen LogP contribution in [0, 0.1) is 0 Å². The van der Waals surface area contributed by atoms with E-state index < -0.39 is 0 Å². The summed E-state index contributed by atoms with van der Waals surface area (Å²) in [7, 11) is 0. The Morgan fingerprint density at radius 3 is 2.48 bits per heavy atom. The summed E-state index contributed by atoms with van der Waals surface area (Å²) in [6.45, 7) is 3.76. The average molecular weight is 319 g/mol. The van der Waals surface area contributed by atoms with Crippen LogP contribution in [0.4, 0.5) is 4.79 Å². The molecular weight excluding hydrogens is 290 g/mol. The largest absolute Gasteiger partial charge is 0.394 e. The van der Waals surface area contributed by atoms with Crippen molar-refractivity contribution in [3.8, 4) is 0 Å². The van der Waals surface area contributed by atoms with E-state index in [0.717, 1.165) is 25.2 Å². The topological polar surface area (TPSA) is 64.6 Å². The van der Waals surface area contributed by atoms with Gasteiger partial charge in [0.25, 0.3) is 0 Å². The Bertz CT molecular complexity index is 445. The molecule has 0 bridgehead atoms. The van der Waals surface area contributed by atoms with E-state index in [9.17, 15) is 9.90 Å². The lowest BCUT2D eigenvalue weighted by molar-refractivity contribution is 0.213. The molecule has 0 radical (unpaired) electrons. The van der Waals surface area contributed by atoms with Gasteiger partial charge >= 0.3 is 6.03 Å². The summed E-state index contributed by atoms with van der Waals surface area (Å²) < 4.78 is 0. The number of rotatable bonds is 7. The highest BCUT2D eigenvalue weighted by Crippen LogP contribution is 2.08. The first-order chi connectivity index (χ1) is 11.3. The molecular formula is C18H29N3O2. The third-order valence-corrected chi connectivity index (χ3v) is 4.29. The van der Waals surface area contributed by atoms with Crippen LogP contribution < -0.4 is 10.6 Å². The second-order valence-electron chi connectivity index (χ2n) is 6.23. The fourth-order valence-corrected chi connectivity index (χ4v) is 2.98. The minimum absolute atomic E-state index is 0.0611. The quantitative estimate of drug-likeness (QED) is 0.717. The van der Waals surface area contributed by atoms with Gasteiger partial charge < -0.3 is 20.6 Å². The summed E-state index contributed by atoms with van der Waals surface area (Å²) >= 11 is 0. The summed E-state index contributed by atoms with van der Waals surface area (Å²) in [6.07, 6.45) is 5.80. The van der Waals surface area contributed by atoms with E-state index in [4.69, 9.17) is 0 Å². The zero-order valence-electron chi connectivity index (χ0n) is 13.8. The van der Waals surface area contributed by atoms with Crippen LogP contribution in [0.5, 0.6) is 0 Å². The first-order valence-electron chi connectivity index (χ1n) is 8.69. The number of likely N-dealkylation sites (tertiary alicyclic amines) is 1. The highest BCUT2D eigenvalue weighted by molar-refractivity contribution is 5.74. The van der Waals surface area contributed by atoms with Crippen molar-refractivity contribution in [1.82, 2.24) is 15.5 Å². The molecule has 2 rings (SSSR count). The molecule has 1 aliphatic rings. The molecule has 2 amide bonds. The number of amides is 2. The number of urea groups is 1. The number of nitrogens with zero attached hydrogens (tertiary/aromatic N) is 1. The van der Waals surface area contributed by atoms with Crippen molar-refractivity contribution in [2.24, 2.45) is 0 Å². The van der Waals surface area contributed by atoms with E-state index in [-0.39, 0.29) is 18.7 Å². The molecule has 1 heterocycles. The van der Waals surface area contributed by atoms with Crippen LogP contribution in [-0.4, -0.2) is 54.9 Å². The normalized spacial score (nSPS) is 17.3. The Labute approximate surface area is 139 Å². The zero-order valence-corrected chi connectivity index (χ0v) is 13.8. The van der Waals surface area contributed by atoms with Gasteiger partial charge in [-0.3, -0.25) is 0 Å². The van der Waals surface area contributed by atoms with Crippen molar-refractivity contribution >= 4 is 6.03 Å². The van der Waals surface area contributed by atoms with Gasteiger partial charge in [0, 0.05) is 13.1 Å². The summed E-state index contributed by atoms with van der Waals surface area (Å²) in [5.74, 6) is 0. The van der Waals surface area contributed by atoms with Gasteiger partial charge in [-0.25, -0.2) is 4.79 Å². The molecule has 1 aromatic rings. The molecule has 0 aliphatic carbocycles. The predicted molar refractivity (Wildman–Crippen MR) is 92.5 cm³/mol. The molecule has 23 heavy (non-hydrogen) atoms. The van der Waals surface area contributed by atoms with E-state index in [1.165, 1.54) is 25.7 Å². The van der Waals surface area contributed by atoms with Crippen LogP contribution in [0.3, 0.4) is 0 Å². The predicted octanol–water partition coefficient (Wildman–Crippen LogP) is 1.77. The number of carbonyl (C=O) groups is 1. The SMILES string of the molecule is O=C(NCCN1CCCCCC1)NC(CO)Cc1ccccc1. The lowest BCUT2D eigenvalue weighted by Gasteiger charge is -2.21. The molecule has 0 spiro atoms. The number of benzene rings is 1. The van der Waals surface area contributed by atoms with Crippen LogP contribution in [0.1, 0.15) is 31.2 Å². The average Bonchev–Trinajstić information content (AvgIpc) is 2.84. The zero-order chi connectivity index (χ0) is 16.3. The Balaban J connectivity index is 1.66. The van der Waals surface area contributed by atoms with Crippen LogP contribution in [0.25, 0.3) is 0 Å². The van der Waals surface area contributed by atoms with Gasteiger partial charge in [0.2, 0.25) is 0 Å². The highest BCUT2D eigenvalue weighted by atomic mass is 16.3. The van der Waals surface area contributed by atoms with Crippen molar-refractivity contribution in [1.29, 1.82) is 0 Å². The maximum Gasteiger partial charge on any atom is 0.315 e. The summed E-state index contributed by atoms with van der Waals surface area (Å²) in [4.78, 5) is 14.4. The van der Waals surface area contributed by atoms with Crippen LogP contribution in [-0.2, 0) is 6.42 Å². The van der Waals surface area contributed by atoms with Crippen molar-refractivity contribution in [2.45, 2.75) is 38.1 Å². The number of aliphatic hydroxyl groups is 1. The summed E-state index contributed by atoms with van der Waals surface area (Å²) in [6, 6.07) is 9.44. The van der Waals surface area contributed by atoms with Crippen molar-refractivity contribution < 1.29 is 9.90 Å². The summed E-state index contributed by atoms with van der Waals surface area (Å²) in [5, 5.41) is 15.2. The first-order valence-corrected chi connectivity index (χ1v) is 8.69. The van der Waals surface area contributed by atoms with Gasteiger partial charge in [-0.05, 0) is 37.9 Å². The van der Waals surface area contributed by atoms with E-state index in [1.807, 2.05) is 30.3 Å². The van der Waals surface area contributed by atoms with Crippen molar-refractivity contribution in [3.05, 3.63) is 35.9 Å². The van der Waals surface area contributed by atoms with Crippen LogP contribution in [0.15, 0.2) is 30.3 Å². The molecule has 0 aromatic heterocycles. The third-order valence-electron chi connectivity index (χ3n) is 4.29. The summed E-state index contributed by atoms with van der Waals surface area (Å²) in [5.41, 5.74) is 1.11. The monoisotopic (exact) mass is 319 g/mol. The van der Waals surface area contributed by atoms with E-state index in [0.29, 0.717) is 13.0 Å². The molecule has 1 atom stereocenters. The lowest BCUT2D eigenvalue weighted by atomic mass is 10.1. The van der Waals surface area contributed by atoms with Gasteiger partial charge in [0.1, 0.15) is 0 Å². The third kappa shape index (κ3) is 7.01. The van der Waals surface area contributed by atoms with Crippen molar-refractivity contribution in [2.75, 3.05) is 32.8 Å². The van der Waals surface area contributed by atoms with E-state index in [2.05, 4.69) is 15.5 Å². The Hall–Kier alpha value is -1.59. The molecule has 128 valence electrons. The number of nitrogens with one attached hydrogen (secondary N) is 2. The minimum atomic E-state index is -0.254. The Morgan fingerprint density at radius 2 is 1.83 bits per heavy atom. The second kappa shape index (κ2) is 10.2. The molecule has 1 unspecified atom stereocenters. The smallest absolute Gasteiger partial charge is 0.315 e. The number of carbonyl (C=O) groups excluding carboxylic acids is 1. The van der Waals surface area contributed by atoms with Gasteiger partial charge in [0.05, 0.1) is 12.6 Å². The van der Waals surface area contributed by atoms with Crippen molar-refractivity contribution in [3.63, 3.8) is 0 Å². The molecule has 5 heteroatoms. The van der Waals surface area contributed by atoms with E-state index >= 15 is 0 Å². The molecule has 1 aromatic carbocycles. The molecule has 1 fully saturated rings. The van der Waals surface area contributed by atoms with Gasteiger partial charge in [-0.2, -0.15) is 0 Å². The molecule has 0 saturated carbocycles.